The summed E-state index contributed by atoms with van der Waals surface area (Å²) in [4.78, 5) is 13.8. The van der Waals surface area contributed by atoms with Crippen molar-refractivity contribution < 1.29 is 9.53 Å². The molecule has 0 aliphatic heterocycles. The molecule has 3 heteroatoms. The van der Waals surface area contributed by atoms with E-state index in [-0.39, 0.29) is 11.5 Å². The first-order chi connectivity index (χ1) is 11.4. The van der Waals surface area contributed by atoms with Gasteiger partial charge in [0, 0.05) is 18.5 Å². The molecule has 1 aromatic rings. The monoisotopic (exact) mass is 333 g/mol. The standard InChI is InChI=1S/C21H35NO2/c1-5-24-20(23)16-12-7-6-8-13-17-22(21(2,3)4)18-19-14-10-9-11-15-19/h9-11,14-15H,5-8,12-13,16-18H2,1-4H3. The van der Waals surface area contributed by atoms with Gasteiger partial charge in [-0.3, -0.25) is 9.69 Å². The highest BCUT2D eigenvalue weighted by Gasteiger charge is 2.20. The van der Waals surface area contributed by atoms with Gasteiger partial charge in [0.25, 0.3) is 0 Å². The third kappa shape index (κ3) is 9.07. The van der Waals surface area contributed by atoms with Crippen LogP contribution in [0.25, 0.3) is 0 Å². The average Bonchev–Trinajstić information content (AvgIpc) is 2.53. The molecule has 0 N–H and O–H groups in total. The number of hydrogen-bond donors (Lipinski definition) is 0. The molecule has 1 aromatic carbocycles. The summed E-state index contributed by atoms with van der Waals surface area (Å²) >= 11 is 0. The maximum atomic E-state index is 11.3. The van der Waals surface area contributed by atoms with E-state index in [0.717, 1.165) is 25.9 Å². The van der Waals surface area contributed by atoms with E-state index >= 15 is 0 Å². The van der Waals surface area contributed by atoms with E-state index in [0.29, 0.717) is 13.0 Å². The molecule has 0 heterocycles. The van der Waals surface area contributed by atoms with Crippen molar-refractivity contribution in [3.8, 4) is 0 Å². The maximum absolute atomic E-state index is 11.3. The van der Waals surface area contributed by atoms with Gasteiger partial charge in [0.05, 0.1) is 6.61 Å². The lowest BCUT2D eigenvalue weighted by molar-refractivity contribution is -0.143. The fraction of sp³-hybridized carbons (Fsp3) is 0.667. The zero-order chi connectivity index (χ0) is 17.8. The van der Waals surface area contributed by atoms with Crippen molar-refractivity contribution in [3.05, 3.63) is 35.9 Å². The largest absolute Gasteiger partial charge is 0.466 e. The highest BCUT2D eigenvalue weighted by atomic mass is 16.5. The van der Waals surface area contributed by atoms with Gasteiger partial charge in [-0.25, -0.2) is 0 Å². The van der Waals surface area contributed by atoms with Crippen LogP contribution in [-0.2, 0) is 16.1 Å². The van der Waals surface area contributed by atoms with E-state index in [1.807, 2.05) is 6.92 Å². The molecular weight excluding hydrogens is 298 g/mol. The molecule has 0 aromatic heterocycles. The van der Waals surface area contributed by atoms with Gasteiger partial charge < -0.3 is 4.74 Å². The summed E-state index contributed by atoms with van der Waals surface area (Å²) < 4.78 is 4.95. The lowest BCUT2D eigenvalue weighted by Crippen LogP contribution is -2.41. The first-order valence-electron chi connectivity index (χ1n) is 9.38. The van der Waals surface area contributed by atoms with Crippen molar-refractivity contribution in [1.82, 2.24) is 4.90 Å². The molecule has 0 atom stereocenters. The van der Waals surface area contributed by atoms with Crippen LogP contribution in [0.2, 0.25) is 0 Å². The number of carbonyl (C=O) groups is 1. The van der Waals surface area contributed by atoms with Crippen molar-refractivity contribution in [3.63, 3.8) is 0 Å². The molecule has 0 saturated carbocycles. The summed E-state index contributed by atoms with van der Waals surface area (Å²) in [6.07, 6.45) is 6.27. The van der Waals surface area contributed by atoms with Gasteiger partial charge in [-0.05, 0) is 52.6 Å². The summed E-state index contributed by atoms with van der Waals surface area (Å²) in [5.74, 6) is -0.0562. The fourth-order valence-electron chi connectivity index (χ4n) is 2.79. The normalized spacial score (nSPS) is 11.7. The molecule has 1 rings (SSSR count). The van der Waals surface area contributed by atoms with Gasteiger partial charge in [0.1, 0.15) is 0 Å². The number of nitrogens with zero attached hydrogens (tertiary/aromatic N) is 1. The smallest absolute Gasteiger partial charge is 0.305 e. The second kappa shape index (κ2) is 11.2. The molecular formula is C21H35NO2. The van der Waals surface area contributed by atoms with Crippen molar-refractivity contribution in [1.29, 1.82) is 0 Å². The van der Waals surface area contributed by atoms with E-state index < -0.39 is 0 Å². The van der Waals surface area contributed by atoms with Gasteiger partial charge in [-0.15, -0.1) is 0 Å². The molecule has 0 amide bonds. The van der Waals surface area contributed by atoms with Crippen LogP contribution in [0.4, 0.5) is 0 Å². The van der Waals surface area contributed by atoms with E-state index in [1.54, 1.807) is 0 Å². The van der Waals surface area contributed by atoms with Crippen LogP contribution in [0, 0.1) is 0 Å². The third-order valence-electron chi connectivity index (χ3n) is 4.28. The topological polar surface area (TPSA) is 29.5 Å². The predicted molar refractivity (Wildman–Crippen MR) is 101 cm³/mol. The van der Waals surface area contributed by atoms with Gasteiger partial charge >= 0.3 is 5.97 Å². The molecule has 0 aliphatic carbocycles. The van der Waals surface area contributed by atoms with Gasteiger partial charge in [0.2, 0.25) is 0 Å². The molecule has 0 spiro atoms. The first-order valence-corrected chi connectivity index (χ1v) is 9.38. The summed E-state index contributed by atoms with van der Waals surface area (Å²) in [6.45, 7) is 11.3. The zero-order valence-electron chi connectivity index (χ0n) is 16.0. The first kappa shape index (κ1) is 20.7. The molecule has 0 unspecified atom stereocenters. The van der Waals surface area contributed by atoms with Gasteiger partial charge in [-0.2, -0.15) is 0 Å². The minimum Gasteiger partial charge on any atom is -0.466 e. The van der Waals surface area contributed by atoms with Crippen molar-refractivity contribution in [2.24, 2.45) is 0 Å². The highest BCUT2D eigenvalue weighted by molar-refractivity contribution is 5.69. The Morgan fingerprint density at radius 3 is 2.25 bits per heavy atom. The highest BCUT2D eigenvalue weighted by Crippen LogP contribution is 2.18. The van der Waals surface area contributed by atoms with Crippen LogP contribution in [0.1, 0.15) is 71.8 Å². The Kier molecular flexibility index (Phi) is 9.70. The molecule has 0 aliphatic rings. The van der Waals surface area contributed by atoms with Crippen LogP contribution >= 0.6 is 0 Å². The van der Waals surface area contributed by atoms with E-state index in [1.165, 1.54) is 24.8 Å². The van der Waals surface area contributed by atoms with Crippen molar-refractivity contribution >= 4 is 5.97 Å². The molecule has 0 saturated heterocycles. The van der Waals surface area contributed by atoms with Crippen molar-refractivity contribution in [2.75, 3.05) is 13.2 Å². The predicted octanol–water partition coefficient (Wildman–Crippen LogP) is 5.19. The lowest BCUT2D eigenvalue weighted by Gasteiger charge is -2.36. The Bertz CT molecular complexity index is 451. The number of hydrogen-bond acceptors (Lipinski definition) is 3. The van der Waals surface area contributed by atoms with Crippen LogP contribution in [-0.4, -0.2) is 29.6 Å². The van der Waals surface area contributed by atoms with E-state index in [4.69, 9.17) is 4.74 Å². The van der Waals surface area contributed by atoms with Gasteiger partial charge in [0.15, 0.2) is 0 Å². The SMILES string of the molecule is CCOC(=O)CCCCCCCN(Cc1ccccc1)C(C)(C)C. The molecule has 0 fully saturated rings. The number of carbonyl (C=O) groups excluding carboxylic acids is 1. The number of ether oxygens (including phenoxy) is 1. The van der Waals surface area contributed by atoms with Crippen LogP contribution < -0.4 is 0 Å². The van der Waals surface area contributed by atoms with Gasteiger partial charge in [-0.1, -0.05) is 49.6 Å². The average molecular weight is 334 g/mol. The van der Waals surface area contributed by atoms with Crippen molar-refractivity contribution in [2.45, 2.75) is 78.3 Å². The Labute approximate surface area is 148 Å². The zero-order valence-corrected chi connectivity index (χ0v) is 16.0. The Morgan fingerprint density at radius 1 is 1.00 bits per heavy atom. The number of benzene rings is 1. The lowest BCUT2D eigenvalue weighted by atomic mass is 10.0. The Balaban J connectivity index is 2.23. The quantitative estimate of drug-likeness (QED) is 0.412. The second-order valence-corrected chi connectivity index (χ2v) is 7.40. The Hall–Kier alpha value is -1.35. The summed E-state index contributed by atoms with van der Waals surface area (Å²) in [5.41, 5.74) is 1.56. The van der Waals surface area contributed by atoms with E-state index in [2.05, 4.69) is 56.0 Å². The number of esters is 1. The fourth-order valence-corrected chi connectivity index (χ4v) is 2.79. The minimum absolute atomic E-state index is 0.0562. The maximum Gasteiger partial charge on any atom is 0.305 e. The molecule has 0 bridgehead atoms. The summed E-state index contributed by atoms with van der Waals surface area (Å²) in [7, 11) is 0. The third-order valence-corrected chi connectivity index (χ3v) is 4.28. The summed E-state index contributed by atoms with van der Waals surface area (Å²) in [5, 5.41) is 0. The molecule has 24 heavy (non-hydrogen) atoms. The number of rotatable bonds is 11. The van der Waals surface area contributed by atoms with Crippen LogP contribution in [0.3, 0.4) is 0 Å². The van der Waals surface area contributed by atoms with Crippen LogP contribution in [0.5, 0.6) is 0 Å². The molecule has 0 radical (unpaired) electrons. The minimum atomic E-state index is -0.0562. The second-order valence-electron chi connectivity index (χ2n) is 7.40. The summed E-state index contributed by atoms with van der Waals surface area (Å²) in [6, 6.07) is 10.7. The Morgan fingerprint density at radius 2 is 1.62 bits per heavy atom. The molecule has 136 valence electrons. The van der Waals surface area contributed by atoms with Crippen LogP contribution in [0.15, 0.2) is 30.3 Å². The number of unbranched alkanes of at least 4 members (excludes halogenated alkanes) is 4. The molecule has 3 nitrogen and oxygen atoms in total. The van der Waals surface area contributed by atoms with E-state index in [9.17, 15) is 4.79 Å².